The molecule has 2 aliphatic rings. The monoisotopic (exact) mass is 1060 g/mol. The van der Waals surface area contributed by atoms with E-state index in [1.807, 2.05) is 0 Å². The fourth-order valence-electron chi connectivity index (χ4n) is 13.8. The molecule has 15 aromatic rings. The topological polar surface area (TPSA) is 42.1 Å². The molecule has 6 heterocycles. The van der Waals surface area contributed by atoms with E-state index < -0.39 is 0 Å². The molecule has 0 saturated heterocycles. The third kappa shape index (κ3) is 7.17. The van der Waals surface area contributed by atoms with Crippen LogP contribution in [0.3, 0.4) is 0 Å². The van der Waals surface area contributed by atoms with Crippen LogP contribution in [0, 0.1) is 0 Å². The Balaban J connectivity index is 1.02. The van der Waals surface area contributed by atoms with Gasteiger partial charge in [0, 0.05) is 103 Å². The molecular formula is C76H49BN6. The van der Waals surface area contributed by atoms with Crippen LogP contribution < -0.4 is 26.2 Å². The summed E-state index contributed by atoms with van der Waals surface area (Å²) in [6.45, 7) is -0.192. The number of para-hydroxylation sites is 4. The molecule has 0 radical (unpaired) electrons. The van der Waals surface area contributed by atoms with E-state index in [-0.39, 0.29) is 6.71 Å². The van der Waals surface area contributed by atoms with Crippen LogP contribution in [0.5, 0.6) is 0 Å². The lowest BCUT2D eigenvalue weighted by molar-refractivity contribution is 1.16. The van der Waals surface area contributed by atoms with Gasteiger partial charge in [0.15, 0.2) is 0 Å². The first-order valence-corrected chi connectivity index (χ1v) is 28.4. The van der Waals surface area contributed by atoms with E-state index in [2.05, 4.69) is 317 Å². The van der Waals surface area contributed by atoms with Crippen molar-refractivity contribution in [1.29, 1.82) is 0 Å². The van der Waals surface area contributed by atoms with Gasteiger partial charge in [-0.2, -0.15) is 0 Å². The highest BCUT2D eigenvalue weighted by Crippen LogP contribution is 2.53. The maximum absolute atomic E-state index is 5.07. The zero-order valence-corrected chi connectivity index (χ0v) is 45.1. The van der Waals surface area contributed by atoms with E-state index in [1.165, 1.54) is 37.9 Å². The molecule has 7 heteroatoms. The van der Waals surface area contributed by atoms with Crippen LogP contribution in [0.1, 0.15) is 0 Å². The minimum atomic E-state index is -0.192. The first-order chi connectivity index (χ1) is 41.2. The molecule has 0 unspecified atom stereocenters. The molecule has 0 saturated carbocycles. The smallest absolute Gasteiger partial charge is 0.252 e. The number of hydrogen-bond acceptors (Lipinski definition) is 4. The Morgan fingerprint density at radius 1 is 0.265 bits per heavy atom. The molecule has 0 spiro atoms. The van der Waals surface area contributed by atoms with Crippen LogP contribution in [0.4, 0.5) is 34.1 Å². The van der Waals surface area contributed by atoms with E-state index in [0.717, 1.165) is 112 Å². The molecule has 0 fully saturated rings. The van der Waals surface area contributed by atoms with E-state index in [0.29, 0.717) is 0 Å². The first-order valence-electron chi connectivity index (χ1n) is 28.4. The summed E-state index contributed by atoms with van der Waals surface area (Å²) in [5.41, 5.74) is 25.4. The minimum Gasteiger partial charge on any atom is -0.310 e. The number of benzene rings is 11. The maximum Gasteiger partial charge on any atom is 0.252 e. The van der Waals surface area contributed by atoms with Crippen LogP contribution in [0.2, 0.25) is 0 Å². The summed E-state index contributed by atoms with van der Waals surface area (Å²) in [6, 6.07) is 99.8. The number of pyridine rings is 2. The van der Waals surface area contributed by atoms with Crippen molar-refractivity contribution in [2.24, 2.45) is 0 Å². The second-order valence-corrected chi connectivity index (χ2v) is 21.7. The molecular weight excluding hydrogens is 1010 g/mol. The number of rotatable bonds is 8. The summed E-state index contributed by atoms with van der Waals surface area (Å²) in [4.78, 5) is 15.3. The van der Waals surface area contributed by atoms with E-state index in [1.54, 1.807) is 0 Å². The highest BCUT2D eigenvalue weighted by Gasteiger charge is 2.45. The Morgan fingerprint density at radius 2 is 0.566 bits per heavy atom. The highest BCUT2D eigenvalue weighted by atomic mass is 15.2. The van der Waals surface area contributed by atoms with Gasteiger partial charge in [-0.15, -0.1) is 0 Å². The second kappa shape index (κ2) is 18.8. The Morgan fingerprint density at radius 3 is 0.892 bits per heavy atom. The van der Waals surface area contributed by atoms with E-state index in [4.69, 9.17) is 9.97 Å². The van der Waals surface area contributed by atoms with E-state index in [9.17, 15) is 0 Å². The third-order valence-corrected chi connectivity index (χ3v) is 17.3. The zero-order chi connectivity index (χ0) is 54.5. The molecule has 0 amide bonds. The Labute approximate surface area is 480 Å². The molecule has 0 aliphatic carbocycles. The minimum absolute atomic E-state index is 0.192. The molecule has 2 aliphatic heterocycles. The summed E-state index contributed by atoms with van der Waals surface area (Å²) in [6.07, 6.45) is 8.23. The average Bonchev–Trinajstić information content (AvgIpc) is 2.18. The quantitative estimate of drug-likeness (QED) is 0.142. The number of anilines is 6. The number of aromatic nitrogens is 4. The Hall–Kier alpha value is -11.0. The molecule has 17 rings (SSSR count). The normalized spacial score (nSPS) is 12.5. The molecule has 83 heavy (non-hydrogen) atoms. The lowest BCUT2D eigenvalue weighted by atomic mass is 9.33. The van der Waals surface area contributed by atoms with Crippen molar-refractivity contribution in [3.05, 3.63) is 298 Å². The van der Waals surface area contributed by atoms with Gasteiger partial charge in [0.1, 0.15) is 0 Å². The molecule has 6 nitrogen and oxygen atoms in total. The van der Waals surface area contributed by atoms with Crippen LogP contribution in [-0.2, 0) is 0 Å². The van der Waals surface area contributed by atoms with Gasteiger partial charge >= 0.3 is 0 Å². The fourth-order valence-corrected chi connectivity index (χ4v) is 13.8. The van der Waals surface area contributed by atoms with Gasteiger partial charge in [-0.05, 0) is 99.3 Å². The average molecular weight is 1060 g/mol. The van der Waals surface area contributed by atoms with Crippen molar-refractivity contribution >= 4 is 101 Å². The van der Waals surface area contributed by atoms with Crippen LogP contribution in [0.15, 0.2) is 298 Å². The van der Waals surface area contributed by atoms with Crippen molar-refractivity contribution in [2.45, 2.75) is 0 Å². The lowest BCUT2D eigenvalue weighted by Crippen LogP contribution is -2.61. The van der Waals surface area contributed by atoms with Gasteiger partial charge < -0.3 is 18.9 Å². The molecule has 11 aromatic carbocycles. The fraction of sp³-hybridized carbons (Fsp3) is 0. The largest absolute Gasteiger partial charge is 0.310 e. The van der Waals surface area contributed by atoms with Crippen LogP contribution in [-0.4, -0.2) is 25.8 Å². The predicted octanol–water partition coefficient (Wildman–Crippen LogP) is 17.4. The van der Waals surface area contributed by atoms with Gasteiger partial charge in [0.25, 0.3) is 6.71 Å². The number of hydrogen-bond donors (Lipinski definition) is 0. The van der Waals surface area contributed by atoms with Crippen LogP contribution >= 0.6 is 0 Å². The summed E-state index contributed by atoms with van der Waals surface area (Å²) in [5.74, 6) is 0. The Kier molecular flexibility index (Phi) is 10.6. The highest BCUT2D eigenvalue weighted by molar-refractivity contribution is 7.00. The number of fused-ring (bicyclic) bond motifs is 10. The first kappa shape index (κ1) is 46.9. The lowest BCUT2D eigenvalue weighted by Gasteiger charge is -2.45. The molecule has 386 valence electrons. The maximum atomic E-state index is 5.07. The van der Waals surface area contributed by atoms with Gasteiger partial charge in [-0.1, -0.05) is 212 Å². The van der Waals surface area contributed by atoms with Crippen LogP contribution in [0.25, 0.3) is 99.5 Å². The van der Waals surface area contributed by atoms with Crippen molar-refractivity contribution in [1.82, 2.24) is 19.1 Å². The molecule has 4 aromatic heterocycles. The van der Waals surface area contributed by atoms with Gasteiger partial charge in [-0.3, -0.25) is 9.97 Å². The molecule has 0 bridgehead atoms. The van der Waals surface area contributed by atoms with Crippen molar-refractivity contribution in [3.63, 3.8) is 0 Å². The van der Waals surface area contributed by atoms with Crippen molar-refractivity contribution in [3.8, 4) is 55.9 Å². The SMILES string of the molecule is c1ccc(-c2cncc(-c3ccccc3)c2N2c3cc(-n4c5ccccc5c5ccccc54)ccc3B3c4ccc(-n5c6ccccc6c6ccccc65)cc4N(c4c(-c5ccccc5)cncc4-c4ccccc4)c4cccc2c43)cc1. The van der Waals surface area contributed by atoms with Gasteiger partial charge in [0.05, 0.1) is 33.4 Å². The Bertz CT molecular complexity index is 4520. The van der Waals surface area contributed by atoms with Crippen molar-refractivity contribution < 1.29 is 0 Å². The summed E-state index contributed by atoms with van der Waals surface area (Å²) >= 11 is 0. The molecule has 0 atom stereocenters. The number of nitrogens with zero attached hydrogens (tertiary/aromatic N) is 6. The molecule has 0 N–H and O–H groups in total. The summed E-state index contributed by atoms with van der Waals surface area (Å²) < 4.78 is 4.90. The van der Waals surface area contributed by atoms with Gasteiger partial charge in [-0.25, -0.2) is 0 Å². The summed E-state index contributed by atoms with van der Waals surface area (Å²) in [5, 5.41) is 4.89. The second-order valence-electron chi connectivity index (χ2n) is 21.7. The third-order valence-electron chi connectivity index (χ3n) is 17.3. The standard InChI is InChI=1S/C76H49BN6/c1-5-22-50(23-6-1)60-46-78-47-61(51-24-7-2-8-25-51)75(60)82-70-38-21-39-71-74(70)77(64-42-40-54(44-72(64)82)80-66-34-17-13-30-56(66)57-31-14-18-35-67(57)80)65-43-41-55(81-68-36-19-15-32-58(68)59-33-16-20-37-69(59)81)45-73(65)83(71)76-62(52-26-9-3-10-27-52)48-79-49-63(76)53-28-11-4-12-29-53/h1-49H. The zero-order valence-electron chi connectivity index (χ0n) is 45.1. The summed E-state index contributed by atoms with van der Waals surface area (Å²) in [7, 11) is 0. The van der Waals surface area contributed by atoms with E-state index >= 15 is 0 Å². The predicted molar refractivity (Wildman–Crippen MR) is 346 cm³/mol. The van der Waals surface area contributed by atoms with Gasteiger partial charge in [0.2, 0.25) is 0 Å². The van der Waals surface area contributed by atoms with Crippen molar-refractivity contribution in [2.75, 3.05) is 9.80 Å².